The van der Waals surface area contributed by atoms with Crippen LogP contribution in [0.5, 0.6) is 0 Å². The maximum absolute atomic E-state index is 11.9. The summed E-state index contributed by atoms with van der Waals surface area (Å²) in [5, 5.41) is 0. The number of carbonyl (C=O) groups excluding carboxylic acids is 2. The van der Waals surface area contributed by atoms with E-state index in [1.165, 1.54) is 0 Å². The average Bonchev–Trinajstić information content (AvgIpc) is 2.92. The molecule has 1 heterocycles. The molecule has 1 aliphatic rings. The summed E-state index contributed by atoms with van der Waals surface area (Å²) in [6.07, 6.45) is 0.946. The van der Waals surface area contributed by atoms with E-state index in [0.717, 1.165) is 12.0 Å². The maximum atomic E-state index is 11.9. The summed E-state index contributed by atoms with van der Waals surface area (Å²) >= 11 is 0. The van der Waals surface area contributed by atoms with Crippen molar-refractivity contribution in [2.24, 2.45) is 4.99 Å². The maximum Gasteiger partial charge on any atom is 0.331 e. The highest BCUT2D eigenvalue weighted by molar-refractivity contribution is 6.07. The molecule has 5 nitrogen and oxygen atoms in total. The third-order valence-corrected chi connectivity index (χ3v) is 3.39. The van der Waals surface area contributed by atoms with Gasteiger partial charge in [0.1, 0.15) is 6.10 Å². The summed E-state index contributed by atoms with van der Waals surface area (Å²) in [7, 11) is 0. The van der Waals surface area contributed by atoms with Crippen LogP contribution in [0, 0.1) is 0 Å². The van der Waals surface area contributed by atoms with Crippen molar-refractivity contribution in [2.45, 2.75) is 45.3 Å². The van der Waals surface area contributed by atoms with Crippen molar-refractivity contribution in [3.8, 4) is 0 Å². The van der Waals surface area contributed by atoms with Gasteiger partial charge in [-0.3, -0.25) is 9.79 Å². The van der Waals surface area contributed by atoms with Crippen LogP contribution in [0.1, 0.15) is 38.7 Å². The molecule has 5 heteroatoms. The summed E-state index contributed by atoms with van der Waals surface area (Å²) < 4.78 is 10.5. The second-order valence-electron chi connectivity index (χ2n) is 5.11. The molecular weight excluding hydrogens is 282 g/mol. The lowest BCUT2D eigenvalue weighted by Crippen LogP contribution is -2.27. The minimum Gasteiger partial charge on any atom is -0.464 e. The summed E-state index contributed by atoms with van der Waals surface area (Å²) in [6, 6.07) is 8.87. The molecule has 0 fully saturated rings. The molecule has 1 aliphatic heterocycles. The van der Waals surface area contributed by atoms with Crippen LogP contribution < -0.4 is 0 Å². The zero-order valence-corrected chi connectivity index (χ0v) is 13.0. The van der Waals surface area contributed by atoms with Crippen molar-refractivity contribution in [3.05, 3.63) is 35.9 Å². The SMILES string of the molecule is CCCC(=O)O[C@@H]1C[C@@H](C(=O)OCC)N=C1c1ccccc1. The number of aliphatic imine (C=N–C) groups is 1. The predicted octanol–water partition coefficient (Wildman–Crippen LogP) is 2.52. The van der Waals surface area contributed by atoms with Crippen LogP contribution in [0.25, 0.3) is 0 Å². The van der Waals surface area contributed by atoms with Crippen LogP contribution in [0.4, 0.5) is 0 Å². The van der Waals surface area contributed by atoms with Crippen molar-refractivity contribution < 1.29 is 19.1 Å². The Hall–Kier alpha value is -2.17. The normalized spacial score (nSPS) is 20.4. The summed E-state index contributed by atoms with van der Waals surface area (Å²) in [6.45, 7) is 3.99. The van der Waals surface area contributed by atoms with Gasteiger partial charge in [-0.05, 0) is 18.9 Å². The largest absolute Gasteiger partial charge is 0.464 e. The fourth-order valence-corrected chi connectivity index (χ4v) is 2.40. The lowest BCUT2D eigenvalue weighted by Gasteiger charge is -2.15. The minimum atomic E-state index is -0.602. The summed E-state index contributed by atoms with van der Waals surface area (Å²) in [4.78, 5) is 28.1. The number of carbonyl (C=O) groups is 2. The number of ether oxygens (including phenoxy) is 2. The first-order chi connectivity index (χ1) is 10.7. The Kier molecular flexibility index (Phi) is 5.69. The Morgan fingerprint density at radius 1 is 1.23 bits per heavy atom. The van der Waals surface area contributed by atoms with E-state index in [0.29, 0.717) is 25.2 Å². The quantitative estimate of drug-likeness (QED) is 0.757. The molecular formula is C17H21NO4. The smallest absolute Gasteiger partial charge is 0.331 e. The van der Waals surface area contributed by atoms with Gasteiger partial charge in [-0.1, -0.05) is 37.3 Å². The van der Waals surface area contributed by atoms with E-state index in [1.54, 1.807) is 6.92 Å². The molecule has 0 aliphatic carbocycles. The Balaban J connectivity index is 2.19. The molecule has 0 spiro atoms. The van der Waals surface area contributed by atoms with Gasteiger partial charge >= 0.3 is 11.9 Å². The van der Waals surface area contributed by atoms with Gasteiger partial charge in [0.15, 0.2) is 6.04 Å². The molecule has 0 unspecified atom stereocenters. The molecule has 0 aromatic heterocycles. The first-order valence-corrected chi connectivity index (χ1v) is 7.64. The monoisotopic (exact) mass is 303 g/mol. The lowest BCUT2D eigenvalue weighted by atomic mass is 10.0. The van der Waals surface area contributed by atoms with Gasteiger partial charge in [0.25, 0.3) is 0 Å². The van der Waals surface area contributed by atoms with E-state index in [9.17, 15) is 9.59 Å². The molecule has 118 valence electrons. The van der Waals surface area contributed by atoms with Gasteiger partial charge in [-0.15, -0.1) is 0 Å². The van der Waals surface area contributed by atoms with Crippen LogP contribution in [0.3, 0.4) is 0 Å². The molecule has 2 rings (SSSR count). The molecule has 0 saturated heterocycles. The van der Waals surface area contributed by atoms with Gasteiger partial charge in [0.2, 0.25) is 0 Å². The number of hydrogen-bond donors (Lipinski definition) is 0. The Morgan fingerprint density at radius 3 is 2.59 bits per heavy atom. The van der Waals surface area contributed by atoms with Crippen LogP contribution in [0.2, 0.25) is 0 Å². The van der Waals surface area contributed by atoms with E-state index in [2.05, 4.69) is 4.99 Å². The molecule has 0 N–H and O–H groups in total. The topological polar surface area (TPSA) is 65.0 Å². The summed E-state index contributed by atoms with van der Waals surface area (Å²) in [5.74, 6) is -0.634. The first kappa shape index (κ1) is 16.2. The highest BCUT2D eigenvalue weighted by atomic mass is 16.5. The molecule has 1 aromatic rings. The molecule has 0 radical (unpaired) electrons. The van der Waals surface area contributed by atoms with Gasteiger partial charge in [0.05, 0.1) is 12.3 Å². The highest BCUT2D eigenvalue weighted by Crippen LogP contribution is 2.23. The second-order valence-corrected chi connectivity index (χ2v) is 5.11. The third kappa shape index (κ3) is 3.93. The highest BCUT2D eigenvalue weighted by Gasteiger charge is 2.36. The molecule has 2 atom stereocenters. The zero-order valence-electron chi connectivity index (χ0n) is 13.0. The number of hydrogen-bond acceptors (Lipinski definition) is 5. The molecule has 0 bridgehead atoms. The van der Waals surface area contributed by atoms with Crippen LogP contribution >= 0.6 is 0 Å². The lowest BCUT2D eigenvalue weighted by molar-refractivity contribution is -0.149. The van der Waals surface area contributed by atoms with Crippen molar-refractivity contribution >= 4 is 17.7 Å². The Bertz CT molecular complexity index is 553. The number of nitrogens with zero attached hydrogens (tertiary/aromatic N) is 1. The molecule has 1 aromatic carbocycles. The molecule has 0 amide bonds. The van der Waals surface area contributed by atoms with Crippen molar-refractivity contribution in [1.82, 2.24) is 0 Å². The summed E-state index contributed by atoms with van der Waals surface area (Å²) in [5.41, 5.74) is 1.51. The average molecular weight is 303 g/mol. The molecule has 22 heavy (non-hydrogen) atoms. The second kappa shape index (κ2) is 7.73. The zero-order chi connectivity index (χ0) is 15.9. The Morgan fingerprint density at radius 2 is 1.95 bits per heavy atom. The van der Waals surface area contributed by atoms with Gasteiger partial charge in [-0.25, -0.2) is 4.79 Å². The van der Waals surface area contributed by atoms with Crippen LogP contribution in [-0.4, -0.2) is 36.4 Å². The van der Waals surface area contributed by atoms with Crippen molar-refractivity contribution in [3.63, 3.8) is 0 Å². The van der Waals surface area contributed by atoms with Gasteiger partial charge < -0.3 is 9.47 Å². The first-order valence-electron chi connectivity index (χ1n) is 7.64. The van der Waals surface area contributed by atoms with Crippen molar-refractivity contribution in [1.29, 1.82) is 0 Å². The van der Waals surface area contributed by atoms with Crippen molar-refractivity contribution in [2.75, 3.05) is 6.61 Å². The van der Waals surface area contributed by atoms with Crippen LogP contribution in [0.15, 0.2) is 35.3 Å². The van der Waals surface area contributed by atoms with E-state index in [-0.39, 0.29) is 11.9 Å². The molecule has 0 saturated carbocycles. The number of esters is 2. The fourth-order valence-electron chi connectivity index (χ4n) is 2.40. The van der Waals surface area contributed by atoms with Gasteiger partial charge in [-0.2, -0.15) is 0 Å². The number of benzene rings is 1. The van der Waals surface area contributed by atoms with E-state index < -0.39 is 12.1 Å². The predicted molar refractivity (Wildman–Crippen MR) is 82.8 cm³/mol. The minimum absolute atomic E-state index is 0.263. The van der Waals surface area contributed by atoms with E-state index in [4.69, 9.17) is 9.47 Å². The standard InChI is InChI=1S/C17H21NO4/c1-3-8-15(19)22-14-11-13(17(20)21-4-2)18-16(14)12-9-6-5-7-10-12/h5-7,9-10,13-14H,3-4,8,11H2,1-2H3/t13-,14+/m0/s1. The Labute approximate surface area is 130 Å². The van der Waals surface area contributed by atoms with Crippen LogP contribution in [-0.2, 0) is 19.1 Å². The third-order valence-electron chi connectivity index (χ3n) is 3.39. The number of rotatable bonds is 6. The van der Waals surface area contributed by atoms with Gasteiger partial charge in [0, 0.05) is 12.8 Å². The fraction of sp³-hybridized carbons (Fsp3) is 0.471. The van der Waals surface area contributed by atoms with E-state index >= 15 is 0 Å². The van der Waals surface area contributed by atoms with E-state index in [1.807, 2.05) is 37.3 Å².